The van der Waals surface area contributed by atoms with E-state index < -0.39 is 47.8 Å². The third-order valence-electron chi connectivity index (χ3n) is 5.84. The maximum atomic E-state index is 14.1. The van der Waals surface area contributed by atoms with Gasteiger partial charge in [0.2, 0.25) is 5.91 Å². The van der Waals surface area contributed by atoms with E-state index in [1.54, 1.807) is 0 Å². The van der Waals surface area contributed by atoms with E-state index in [4.69, 9.17) is 9.84 Å². The molecule has 180 valence electrons. The highest BCUT2D eigenvalue weighted by Gasteiger charge is 2.30. The molecular weight excluding hydrogens is 458 g/mol. The smallest absolute Gasteiger partial charge is 0.407 e. The Labute approximate surface area is 199 Å². The molecule has 3 aromatic carbocycles. The molecule has 35 heavy (non-hydrogen) atoms. The van der Waals surface area contributed by atoms with Gasteiger partial charge in [-0.05, 0) is 40.8 Å². The summed E-state index contributed by atoms with van der Waals surface area (Å²) in [5, 5.41) is 13.5. The van der Waals surface area contributed by atoms with Gasteiger partial charge in [-0.25, -0.2) is 13.6 Å². The summed E-state index contributed by atoms with van der Waals surface area (Å²) in [6.07, 6.45) is -1.80. The van der Waals surface area contributed by atoms with Crippen LogP contribution in [0.1, 0.15) is 29.0 Å². The minimum Gasteiger partial charge on any atom is -0.481 e. The zero-order chi connectivity index (χ0) is 25.1. The summed E-state index contributed by atoms with van der Waals surface area (Å²) in [6.45, 7) is 1.31. The van der Waals surface area contributed by atoms with Crippen molar-refractivity contribution in [3.05, 3.63) is 89.0 Å². The van der Waals surface area contributed by atoms with Gasteiger partial charge in [0.05, 0.1) is 12.1 Å². The zero-order valence-electron chi connectivity index (χ0n) is 18.7. The molecule has 0 saturated heterocycles. The van der Waals surface area contributed by atoms with Gasteiger partial charge in [0.25, 0.3) is 0 Å². The van der Waals surface area contributed by atoms with Crippen LogP contribution in [-0.4, -0.2) is 35.7 Å². The number of rotatable bonds is 7. The number of aryl methyl sites for hydroxylation is 1. The number of carboxylic acid groups (broad SMARTS) is 1. The Morgan fingerprint density at radius 2 is 1.57 bits per heavy atom. The van der Waals surface area contributed by atoms with Gasteiger partial charge in [-0.3, -0.25) is 9.59 Å². The molecule has 0 radical (unpaired) electrons. The normalized spacial score (nSPS) is 12.9. The number of hydrogen-bond donors (Lipinski definition) is 3. The zero-order valence-corrected chi connectivity index (χ0v) is 18.7. The predicted molar refractivity (Wildman–Crippen MR) is 124 cm³/mol. The van der Waals surface area contributed by atoms with Gasteiger partial charge < -0.3 is 20.5 Å². The monoisotopic (exact) mass is 480 g/mol. The Morgan fingerprint density at radius 3 is 2.17 bits per heavy atom. The number of halogens is 2. The number of alkyl carbamates (subject to hydrolysis) is 1. The summed E-state index contributed by atoms with van der Waals surface area (Å²) in [7, 11) is 0. The standard InChI is InChI=1S/C26H22F2N2O5/c1-14-10-21(28)22(11-20(14)27)29-25(33)23(12-24(31)32)30-26(34)35-13-19-17-8-4-2-6-15(17)16-7-3-5-9-18(16)19/h2-11,19,23H,12-13H2,1H3,(H,29,33)(H,30,34)(H,31,32). The maximum absolute atomic E-state index is 14.1. The lowest BCUT2D eigenvalue weighted by molar-refractivity contribution is -0.139. The first kappa shape index (κ1) is 23.9. The lowest BCUT2D eigenvalue weighted by Gasteiger charge is -2.19. The van der Waals surface area contributed by atoms with Gasteiger partial charge in [0, 0.05) is 12.0 Å². The van der Waals surface area contributed by atoms with Crippen molar-refractivity contribution in [1.29, 1.82) is 0 Å². The Hall–Kier alpha value is -4.27. The molecule has 0 bridgehead atoms. The van der Waals surface area contributed by atoms with Crippen molar-refractivity contribution in [2.24, 2.45) is 0 Å². The number of ether oxygens (including phenoxy) is 1. The fourth-order valence-corrected chi connectivity index (χ4v) is 4.13. The minimum absolute atomic E-state index is 0.0411. The van der Waals surface area contributed by atoms with Crippen LogP contribution in [0.3, 0.4) is 0 Å². The molecule has 9 heteroatoms. The molecule has 0 spiro atoms. The minimum atomic E-state index is -1.58. The fourth-order valence-electron chi connectivity index (χ4n) is 4.13. The highest BCUT2D eigenvalue weighted by atomic mass is 19.1. The van der Waals surface area contributed by atoms with Crippen molar-refractivity contribution < 1.29 is 33.0 Å². The van der Waals surface area contributed by atoms with Crippen LogP contribution in [0.25, 0.3) is 11.1 Å². The summed E-state index contributed by atoms with van der Waals surface area (Å²) < 4.78 is 33.2. The molecule has 0 saturated carbocycles. The van der Waals surface area contributed by atoms with Crippen molar-refractivity contribution in [3.63, 3.8) is 0 Å². The second-order valence-corrected chi connectivity index (χ2v) is 8.19. The quantitative estimate of drug-likeness (QED) is 0.459. The third-order valence-corrected chi connectivity index (χ3v) is 5.84. The van der Waals surface area contributed by atoms with Crippen molar-refractivity contribution >= 4 is 23.7 Å². The Bertz CT molecular complexity index is 1270. The summed E-state index contributed by atoms with van der Waals surface area (Å²) in [6, 6.07) is 15.6. The summed E-state index contributed by atoms with van der Waals surface area (Å²) in [5.41, 5.74) is 3.61. The third kappa shape index (κ3) is 5.13. The lowest BCUT2D eigenvalue weighted by atomic mass is 9.98. The second kappa shape index (κ2) is 9.92. The number of carbonyl (C=O) groups is 3. The number of nitrogens with one attached hydrogen (secondary N) is 2. The molecule has 3 aromatic rings. The number of hydrogen-bond acceptors (Lipinski definition) is 4. The molecule has 7 nitrogen and oxygen atoms in total. The van der Waals surface area contributed by atoms with E-state index in [2.05, 4.69) is 10.6 Å². The van der Waals surface area contributed by atoms with Gasteiger partial charge in [0.15, 0.2) is 0 Å². The van der Waals surface area contributed by atoms with Crippen LogP contribution < -0.4 is 10.6 Å². The van der Waals surface area contributed by atoms with Crippen LogP contribution in [0.4, 0.5) is 19.3 Å². The van der Waals surface area contributed by atoms with Gasteiger partial charge >= 0.3 is 12.1 Å². The topological polar surface area (TPSA) is 105 Å². The highest BCUT2D eigenvalue weighted by Crippen LogP contribution is 2.44. The Kier molecular flexibility index (Phi) is 6.77. The average molecular weight is 480 g/mol. The number of amides is 2. The molecule has 0 heterocycles. The molecule has 0 aromatic heterocycles. The van der Waals surface area contributed by atoms with Gasteiger partial charge in [-0.15, -0.1) is 0 Å². The molecule has 0 aliphatic heterocycles. The Morgan fingerprint density at radius 1 is 0.971 bits per heavy atom. The first-order chi connectivity index (χ1) is 16.7. The number of fused-ring (bicyclic) bond motifs is 3. The second-order valence-electron chi connectivity index (χ2n) is 8.19. The van der Waals surface area contributed by atoms with E-state index in [0.29, 0.717) is 0 Å². The van der Waals surface area contributed by atoms with Crippen LogP contribution in [0.5, 0.6) is 0 Å². The molecule has 2 amide bonds. The first-order valence-electron chi connectivity index (χ1n) is 10.8. The average Bonchev–Trinajstić information content (AvgIpc) is 3.14. The highest BCUT2D eigenvalue weighted by molar-refractivity contribution is 5.98. The van der Waals surface area contributed by atoms with Crippen LogP contribution in [0.15, 0.2) is 60.7 Å². The summed E-state index contributed by atoms with van der Waals surface area (Å²) in [4.78, 5) is 36.3. The van der Waals surface area contributed by atoms with Gasteiger partial charge in [0.1, 0.15) is 24.3 Å². The Balaban J connectivity index is 1.45. The SMILES string of the molecule is Cc1cc(F)c(NC(=O)C(CC(=O)O)NC(=O)OCC2c3ccccc3-c3ccccc32)cc1F. The maximum Gasteiger partial charge on any atom is 0.407 e. The number of anilines is 1. The van der Waals surface area contributed by atoms with Crippen LogP contribution in [-0.2, 0) is 14.3 Å². The van der Waals surface area contributed by atoms with Crippen molar-refractivity contribution in [1.82, 2.24) is 5.32 Å². The molecule has 1 atom stereocenters. The van der Waals surface area contributed by atoms with E-state index in [1.165, 1.54) is 6.92 Å². The van der Waals surface area contributed by atoms with Crippen LogP contribution in [0.2, 0.25) is 0 Å². The number of benzene rings is 3. The largest absolute Gasteiger partial charge is 0.481 e. The van der Waals surface area contributed by atoms with E-state index in [0.717, 1.165) is 34.4 Å². The van der Waals surface area contributed by atoms with E-state index in [-0.39, 0.29) is 18.1 Å². The molecule has 4 rings (SSSR count). The van der Waals surface area contributed by atoms with Gasteiger partial charge in [-0.1, -0.05) is 48.5 Å². The van der Waals surface area contributed by atoms with Crippen LogP contribution >= 0.6 is 0 Å². The summed E-state index contributed by atoms with van der Waals surface area (Å²) >= 11 is 0. The van der Waals surface area contributed by atoms with Crippen molar-refractivity contribution in [3.8, 4) is 11.1 Å². The number of carbonyl (C=O) groups excluding carboxylic acids is 2. The van der Waals surface area contributed by atoms with Crippen molar-refractivity contribution in [2.75, 3.05) is 11.9 Å². The number of aliphatic carboxylic acids is 1. The molecule has 3 N–H and O–H groups in total. The molecule has 0 fully saturated rings. The fraction of sp³-hybridized carbons (Fsp3) is 0.192. The van der Waals surface area contributed by atoms with E-state index >= 15 is 0 Å². The summed E-state index contributed by atoms with van der Waals surface area (Å²) in [5.74, 6) is -4.28. The number of carboxylic acids is 1. The van der Waals surface area contributed by atoms with Crippen molar-refractivity contribution in [2.45, 2.75) is 25.3 Å². The first-order valence-corrected chi connectivity index (χ1v) is 10.8. The molecule has 1 unspecified atom stereocenters. The molecular formula is C26H22F2N2O5. The van der Waals surface area contributed by atoms with E-state index in [9.17, 15) is 23.2 Å². The van der Waals surface area contributed by atoms with E-state index in [1.807, 2.05) is 48.5 Å². The molecule has 1 aliphatic carbocycles. The van der Waals surface area contributed by atoms with Gasteiger partial charge in [-0.2, -0.15) is 0 Å². The lowest BCUT2D eigenvalue weighted by Crippen LogP contribution is -2.45. The van der Waals surface area contributed by atoms with Crippen LogP contribution in [0, 0.1) is 18.6 Å². The molecule has 1 aliphatic rings. The predicted octanol–water partition coefficient (Wildman–Crippen LogP) is 4.59.